The van der Waals surface area contributed by atoms with E-state index in [2.05, 4.69) is 34.3 Å². The van der Waals surface area contributed by atoms with Crippen LogP contribution in [0.5, 0.6) is 0 Å². The highest BCUT2D eigenvalue weighted by molar-refractivity contribution is 6.30. The molecule has 1 N–H and O–H groups in total. The number of halogens is 1. The molecule has 0 aliphatic carbocycles. The van der Waals surface area contributed by atoms with E-state index in [0.29, 0.717) is 5.02 Å². The molecule has 1 amide bonds. The minimum absolute atomic E-state index is 0.0766. The van der Waals surface area contributed by atoms with E-state index in [9.17, 15) is 4.79 Å². The first-order valence-electron chi connectivity index (χ1n) is 9.29. The molecule has 142 valence electrons. The van der Waals surface area contributed by atoms with E-state index in [0.717, 1.165) is 37.3 Å². The first kappa shape index (κ1) is 19.5. The largest absolute Gasteiger partial charge is 0.368 e. The molecule has 27 heavy (non-hydrogen) atoms. The van der Waals surface area contributed by atoms with E-state index < -0.39 is 0 Å². The molecule has 1 aliphatic rings. The molecule has 1 unspecified atom stereocenters. The van der Waals surface area contributed by atoms with E-state index in [1.807, 2.05) is 49.4 Å². The van der Waals surface area contributed by atoms with Gasteiger partial charge in [0.1, 0.15) is 0 Å². The number of carbonyl (C=O) groups excluding carboxylic acids is 1. The van der Waals surface area contributed by atoms with Gasteiger partial charge in [0.2, 0.25) is 5.91 Å². The average molecular weight is 384 g/mol. The fourth-order valence-electron chi connectivity index (χ4n) is 3.23. The number of benzene rings is 2. The van der Waals surface area contributed by atoms with E-state index in [1.165, 1.54) is 5.69 Å². The molecule has 5 heteroatoms. The third-order valence-electron chi connectivity index (χ3n) is 4.92. The maximum Gasteiger partial charge on any atom is 0.244 e. The molecule has 1 saturated heterocycles. The summed E-state index contributed by atoms with van der Waals surface area (Å²) < 4.78 is 0. The highest BCUT2D eigenvalue weighted by Crippen LogP contribution is 2.23. The van der Waals surface area contributed by atoms with E-state index in [4.69, 9.17) is 11.6 Å². The van der Waals surface area contributed by atoms with Crippen LogP contribution in [-0.2, 0) is 4.79 Å². The summed E-state index contributed by atoms with van der Waals surface area (Å²) in [5.41, 5.74) is 3.27. The van der Waals surface area contributed by atoms with Gasteiger partial charge in [-0.15, -0.1) is 0 Å². The Hall–Kier alpha value is -2.30. The van der Waals surface area contributed by atoms with Crippen molar-refractivity contribution in [2.24, 2.45) is 0 Å². The number of nitrogens with zero attached hydrogens (tertiary/aromatic N) is 2. The summed E-state index contributed by atoms with van der Waals surface area (Å²) >= 11 is 5.92. The van der Waals surface area contributed by atoms with Crippen molar-refractivity contribution in [2.45, 2.75) is 13.0 Å². The number of rotatable bonds is 5. The topological polar surface area (TPSA) is 35.6 Å². The summed E-state index contributed by atoms with van der Waals surface area (Å²) in [7, 11) is 2.15. The van der Waals surface area contributed by atoms with Gasteiger partial charge in [0.05, 0.1) is 6.04 Å². The molecule has 1 heterocycles. The summed E-state index contributed by atoms with van der Waals surface area (Å²) in [4.78, 5) is 17.1. The molecule has 1 atom stereocenters. The van der Waals surface area contributed by atoms with Gasteiger partial charge in [-0.1, -0.05) is 41.9 Å². The fourth-order valence-corrected chi connectivity index (χ4v) is 3.35. The van der Waals surface area contributed by atoms with Crippen LogP contribution in [0.25, 0.3) is 6.08 Å². The van der Waals surface area contributed by atoms with E-state index in [1.54, 1.807) is 6.08 Å². The van der Waals surface area contributed by atoms with Crippen molar-refractivity contribution in [3.05, 3.63) is 70.8 Å². The number of carbonyl (C=O) groups is 1. The number of piperazine rings is 1. The number of hydrogen-bond donors (Lipinski definition) is 1. The van der Waals surface area contributed by atoms with E-state index in [-0.39, 0.29) is 11.9 Å². The van der Waals surface area contributed by atoms with Crippen molar-refractivity contribution >= 4 is 29.3 Å². The average Bonchev–Trinajstić information content (AvgIpc) is 2.68. The molecule has 1 fully saturated rings. The van der Waals surface area contributed by atoms with Gasteiger partial charge in [-0.2, -0.15) is 0 Å². The molecule has 1 aliphatic heterocycles. The van der Waals surface area contributed by atoms with Crippen LogP contribution in [-0.4, -0.2) is 44.0 Å². The fraction of sp³-hybridized carbons (Fsp3) is 0.318. The van der Waals surface area contributed by atoms with Crippen LogP contribution in [0.1, 0.15) is 24.1 Å². The first-order chi connectivity index (χ1) is 13.0. The van der Waals surface area contributed by atoms with Crippen molar-refractivity contribution < 1.29 is 4.79 Å². The lowest BCUT2D eigenvalue weighted by atomic mass is 10.1. The quantitative estimate of drug-likeness (QED) is 0.793. The number of likely N-dealkylation sites (N-methyl/N-ethyl adjacent to an activating group) is 1. The second-order valence-corrected chi connectivity index (χ2v) is 7.40. The molecular weight excluding hydrogens is 358 g/mol. The van der Waals surface area contributed by atoms with Crippen molar-refractivity contribution in [1.29, 1.82) is 0 Å². The van der Waals surface area contributed by atoms with Gasteiger partial charge < -0.3 is 15.1 Å². The van der Waals surface area contributed by atoms with Crippen LogP contribution < -0.4 is 10.2 Å². The molecule has 3 rings (SSSR count). The molecule has 0 aromatic heterocycles. The molecule has 2 aromatic rings. The standard InChI is InChI=1S/C22H26ClN3O/c1-17(18-7-10-20(23)11-8-18)24-22(27)12-9-19-5-3-4-6-21(19)26-15-13-25(2)14-16-26/h3-12,17H,13-16H2,1-2H3,(H,24,27)/b12-9-. The number of nitrogens with one attached hydrogen (secondary N) is 1. The summed E-state index contributed by atoms with van der Waals surface area (Å²) in [5.74, 6) is -0.106. The highest BCUT2D eigenvalue weighted by atomic mass is 35.5. The second-order valence-electron chi connectivity index (χ2n) is 6.96. The molecule has 4 nitrogen and oxygen atoms in total. The van der Waals surface area contributed by atoms with Gasteiger partial charge in [0.25, 0.3) is 0 Å². The maximum atomic E-state index is 12.4. The Labute approximate surface area is 166 Å². The molecule has 0 bridgehead atoms. The Morgan fingerprint density at radius 2 is 1.74 bits per heavy atom. The first-order valence-corrected chi connectivity index (χ1v) is 9.67. The Kier molecular flexibility index (Phi) is 6.54. The van der Waals surface area contributed by atoms with Gasteiger partial charge in [-0.3, -0.25) is 4.79 Å². The third-order valence-corrected chi connectivity index (χ3v) is 5.18. The zero-order valence-electron chi connectivity index (χ0n) is 15.9. The molecular formula is C22H26ClN3O. The lowest BCUT2D eigenvalue weighted by Gasteiger charge is -2.34. The summed E-state index contributed by atoms with van der Waals surface area (Å²) in [6.45, 7) is 6.07. The number of anilines is 1. The second kappa shape index (κ2) is 9.07. The number of amides is 1. The van der Waals surface area contributed by atoms with Crippen LogP contribution in [0.4, 0.5) is 5.69 Å². The van der Waals surface area contributed by atoms with Gasteiger partial charge in [0, 0.05) is 43.0 Å². The van der Waals surface area contributed by atoms with Gasteiger partial charge in [0.15, 0.2) is 0 Å². The third kappa shape index (κ3) is 5.34. The predicted molar refractivity (Wildman–Crippen MR) is 113 cm³/mol. The summed E-state index contributed by atoms with van der Waals surface area (Å²) in [6.07, 6.45) is 3.51. The SMILES string of the molecule is CC(NC(=O)/C=C\c1ccccc1N1CCN(C)CC1)c1ccc(Cl)cc1. The van der Waals surface area contributed by atoms with Gasteiger partial charge in [-0.25, -0.2) is 0 Å². The number of hydrogen-bond acceptors (Lipinski definition) is 3. The lowest BCUT2D eigenvalue weighted by molar-refractivity contribution is -0.117. The van der Waals surface area contributed by atoms with Crippen LogP contribution in [0.3, 0.4) is 0 Å². The molecule has 0 saturated carbocycles. The molecule has 0 radical (unpaired) electrons. The Morgan fingerprint density at radius 1 is 1.07 bits per heavy atom. The van der Waals surface area contributed by atoms with Gasteiger partial charge >= 0.3 is 0 Å². The maximum absolute atomic E-state index is 12.4. The zero-order valence-corrected chi connectivity index (χ0v) is 16.6. The van der Waals surface area contributed by atoms with Crippen LogP contribution in [0.2, 0.25) is 5.02 Å². The summed E-state index contributed by atoms with van der Waals surface area (Å²) in [5, 5.41) is 3.69. The van der Waals surface area contributed by atoms with Crippen LogP contribution >= 0.6 is 11.6 Å². The van der Waals surface area contributed by atoms with Gasteiger partial charge in [-0.05, 0) is 49.4 Å². The Morgan fingerprint density at radius 3 is 2.44 bits per heavy atom. The Bertz CT molecular complexity index is 795. The van der Waals surface area contributed by atoms with E-state index >= 15 is 0 Å². The normalized spacial score (nSPS) is 16.5. The van der Waals surface area contributed by atoms with Crippen molar-refractivity contribution in [3.63, 3.8) is 0 Å². The Balaban J connectivity index is 1.65. The zero-order chi connectivity index (χ0) is 19.2. The summed E-state index contributed by atoms with van der Waals surface area (Å²) in [6, 6.07) is 15.7. The molecule has 0 spiro atoms. The molecule has 2 aromatic carbocycles. The monoisotopic (exact) mass is 383 g/mol. The number of para-hydroxylation sites is 1. The smallest absolute Gasteiger partial charge is 0.244 e. The minimum Gasteiger partial charge on any atom is -0.368 e. The minimum atomic E-state index is -0.106. The highest BCUT2D eigenvalue weighted by Gasteiger charge is 2.16. The van der Waals surface area contributed by atoms with Crippen molar-refractivity contribution in [1.82, 2.24) is 10.2 Å². The predicted octanol–water partition coefficient (Wildman–Crippen LogP) is 3.98. The lowest BCUT2D eigenvalue weighted by Crippen LogP contribution is -2.44. The van der Waals surface area contributed by atoms with Crippen molar-refractivity contribution in [3.8, 4) is 0 Å². The van der Waals surface area contributed by atoms with Crippen LogP contribution in [0.15, 0.2) is 54.6 Å². The van der Waals surface area contributed by atoms with Crippen LogP contribution in [0, 0.1) is 0 Å². The van der Waals surface area contributed by atoms with Crippen molar-refractivity contribution in [2.75, 3.05) is 38.1 Å².